The van der Waals surface area contributed by atoms with E-state index < -0.39 is 23.8 Å². The fourth-order valence-corrected chi connectivity index (χ4v) is 4.19. The van der Waals surface area contributed by atoms with Gasteiger partial charge in [-0.1, -0.05) is 0 Å². The summed E-state index contributed by atoms with van der Waals surface area (Å²) in [5, 5.41) is 9.66. The van der Waals surface area contributed by atoms with Crippen molar-refractivity contribution in [1.29, 1.82) is 0 Å². The first-order valence-corrected chi connectivity index (χ1v) is 9.85. The van der Waals surface area contributed by atoms with Crippen molar-refractivity contribution in [2.24, 2.45) is 0 Å². The first-order valence-electron chi connectivity index (χ1n) is 9.85. The first kappa shape index (κ1) is 19.5. The number of benzene rings is 1. The van der Waals surface area contributed by atoms with Crippen molar-refractivity contribution in [3.8, 4) is 0 Å². The molecule has 1 N–H and O–H groups in total. The van der Waals surface area contributed by atoms with Crippen molar-refractivity contribution >= 4 is 28.5 Å². The van der Waals surface area contributed by atoms with E-state index in [0.29, 0.717) is 17.6 Å². The number of ether oxygens (including phenoxy) is 1. The van der Waals surface area contributed by atoms with Crippen molar-refractivity contribution in [3.63, 3.8) is 0 Å². The fraction of sp³-hybridized carbons (Fsp3) is 0.350. The molecule has 1 saturated heterocycles. The van der Waals surface area contributed by atoms with Crippen LogP contribution in [0.2, 0.25) is 0 Å². The molecular formula is C20H19F2N5O4. The molecule has 1 fully saturated rings. The van der Waals surface area contributed by atoms with Gasteiger partial charge in [0.2, 0.25) is 0 Å². The molecule has 9 nitrogen and oxygen atoms in total. The van der Waals surface area contributed by atoms with Crippen LogP contribution in [-0.2, 0) is 17.8 Å². The molecule has 0 unspecified atom stereocenters. The summed E-state index contributed by atoms with van der Waals surface area (Å²) in [5.41, 5.74) is 0.155. The molecule has 11 heteroatoms. The van der Waals surface area contributed by atoms with Crippen LogP contribution in [0.15, 0.2) is 35.3 Å². The zero-order valence-electron chi connectivity index (χ0n) is 16.4. The summed E-state index contributed by atoms with van der Waals surface area (Å²) in [6.07, 6.45) is 0.0973. The van der Waals surface area contributed by atoms with Crippen LogP contribution >= 0.6 is 0 Å². The highest BCUT2D eigenvalue weighted by Crippen LogP contribution is 2.31. The Morgan fingerprint density at radius 1 is 1.10 bits per heavy atom. The Kier molecular flexibility index (Phi) is 4.62. The Morgan fingerprint density at radius 2 is 1.81 bits per heavy atom. The van der Waals surface area contributed by atoms with E-state index >= 15 is 0 Å². The van der Waals surface area contributed by atoms with Crippen molar-refractivity contribution < 1.29 is 23.4 Å². The lowest BCUT2D eigenvalue weighted by Crippen LogP contribution is -2.30. The molecular weight excluding hydrogens is 412 g/mol. The number of halogens is 2. The summed E-state index contributed by atoms with van der Waals surface area (Å²) < 4.78 is 38.2. The molecule has 1 atom stereocenters. The van der Waals surface area contributed by atoms with Gasteiger partial charge in [0.1, 0.15) is 11.8 Å². The van der Waals surface area contributed by atoms with Crippen molar-refractivity contribution in [2.45, 2.75) is 19.2 Å². The predicted octanol–water partition coefficient (Wildman–Crippen LogP) is 1.31. The van der Waals surface area contributed by atoms with Gasteiger partial charge in [-0.05, 0) is 12.1 Å². The number of aliphatic hydroxyl groups is 1. The molecule has 0 bridgehead atoms. The highest BCUT2D eigenvalue weighted by molar-refractivity contribution is 5.90. The van der Waals surface area contributed by atoms with Crippen molar-refractivity contribution in [3.05, 3.63) is 52.5 Å². The monoisotopic (exact) mass is 431 g/mol. The van der Waals surface area contributed by atoms with Gasteiger partial charge in [-0.2, -0.15) is 0 Å². The molecule has 2 aliphatic heterocycles. The molecule has 0 spiro atoms. The van der Waals surface area contributed by atoms with Crippen LogP contribution in [0.1, 0.15) is 0 Å². The third kappa shape index (κ3) is 3.12. The van der Waals surface area contributed by atoms with E-state index in [4.69, 9.17) is 9.84 Å². The van der Waals surface area contributed by atoms with Crippen LogP contribution in [0.3, 0.4) is 0 Å². The normalized spacial score (nSPS) is 18.9. The maximum absolute atomic E-state index is 15.0. The number of carbonyl (C=O) groups excluding carboxylic acids is 1. The van der Waals surface area contributed by atoms with Gasteiger partial charge >= 0.3 is 6.09 Å². The molecule has 162 valence electrons. The van der Waals surface area contributed by atoms with Gasteiger partial charge < -0.3 is 14.7 Å². The summed E-state index contributed by atoms with van der Waals surface area (Å²) in [7, 11) is 0. The summed E-state index contributed by atoms with van der Waals surface area (Å²) in [4.78, 5) is 31.5. The van der Waals surface area contributed by atoms with E-state index in [2.05, 4.69) is 4.98 Å². The standard InChI is InChI=1S/C20H19F2N5O4/c21-15-8-12(25-10-13(11-28)31-20(25)30)9-16(22)17(15)24-4-6-26-18-14(2-1-3-23-18)19(29)27(26)7-5-24/h1-3,8-9,13,28H,4-7,10-11H2/t13-/m1/s1. The molecule has 1 aromatic carbocycles. The molecule has 0 aliphatic carbocycles. The van der Waals surface area contributed by atoms with Crippen LogP contribution in [0.4, 0.5) is 25.0 Å². The highest BCUT2D eigenvalue weighted by atomic mass is 19.1. The van der Waals surface area contributed by atoms with Crippen molar-refractivity contribution in [2.75, 3.05) is 36.0 Å². The van der Waals surface area contributed by atoms with Crippen LogP contribution in [0.25, 0.3) is 11.0 Å². The van der Waals surface area contributed by atoms with Crippen LogP contribution in [0, 0.1) is 11.6 Å². The van der Waals surface area contributed by atoms with Crippen molar-refractivity contribution in [1.82, 2.24) is 14.3 Å². The Bertz CT molecular complexity index is 1220. The second-order valence-electron chi connectivity index (χ2n) is 7.47. The smallest absolute Gasteiger partial charge is 0.414 e. The molecule has 0 radical (unpaired) electrons. The number of hydrogen-bond donors (Lipinski definition) is 1. The fourth-order valence-electron chi connectivity index (χ4n) is 4.19. The lowest BCUT2D eigenvalue weighted by molar-refractivity contribution is 0.0963. The number of rotatable bonds is 3. The van der Waals surface area contributed by atoms with E-state index in [0.717, 1.165) is 17.0 Å². The second kappa shape index (κ2) is 7.34. The SMILES string of the molecule is O=C1O[C@@H](CO)CN1c1cc(F)c(N2CCn3c(=O)c4cccnc4n3CC2)c(F)c1. The molecule has 2 aromatic heterocycles. The summed E-state index contributed by atoms with van der Waals surface area (Å²) in [6.45, 7) is 0.699. The van der Waals surface area contributed by atoms with E-state index in [1.807, 2.05) is 0 Å². The lowest BCUT2D eigenvalue weighted by Gasteiger charge is -2.24. The minimum Gasteiger partial charge on any atom is -0.441 e. The third-order valence-corrected chi connectivity index (χ3v) is 5.66. The van der Waals surface area contributed by atoms with Gasteiger partial charge in [-0.3, -0.25) is 14.4 Å². The second-order valence-corrected chi connectivity index (χ2v) is 7.47. The Labute approximate surface area is 174 Å². The van der Waals surface area contributed by atoms with Crippen LogP contribution in [-0.4, -0.2) is 57.9 Å². The van der Waals surface area contributed by atoms with E-state index in [-0.39, 0.29) is 49.7 Å². The number of hydrogen-bond acceptors (Lipinski definition) is 6. The van der Waals surface area contributed by atoms with Gasteiger partial charge in [0, 0.05) is 31.4 Å². The van der Waals surface area contributed by atoms with Gasteiger partial charge in [-0.15, -0.1) is 0 Å². The number of aromatic nitrogens is 3. The zero-order valence-corrected chi connectivity index (χ0v) is 16.4. The van der Waals surface area contributed by atoms with Crippen LogP contribution in [0.5, 0.6) is 0 Å². The minimum absolute atomic E-state index is 0.00964. The number of amides is 1. The topological polar surface area (TPSA) is 92.8 Å². The van der Waals surface area contributed by atoms with E-state index in [1.54, 1.807) is 27.9 Å². The van der Waals surface area contributed by atoms with Gasteiger partial charge in [0.05, 0.1) is 37.3 Å². The Balaban J connectivity index is 1.44. The average molecular weight is 431 g/mol. The molecule has 31 heavy (non-hydrogen) atoms. The quantitative estimate of drug-likeness (QED) is 0.673. The number of cyclic esters (lactones) is 1. The molecule has 0 saturated carbocycles. The summed E-state index contributed by atoms with van der Waals surface area (Å²) in [6, 6.07) is 5.56. The number of carbonyl (C=O) groups is 1. The van der Waals surface area contributed by atoms with Crippen LogP contribution < -0.4 is 15.4 Å². The number of nitrogens with zero attached hydrogens (tertiary/aromatic N) is 5. The van der Waals surface area contributed by atoms with E-state index in [9.17, 15) is 18.4 Å². The molecule has 5 rings (SSSR count). The predicted molar refractivity (Wildman–Crippen MR) is 107 cm³/mol. The first-order chi connectivity index (χ1) is 15.0. The number of aliphatic hydroxyl groups excluding tert-OH is 1. The Morgan fingerprint density at radius 3 is 2.48 bits per heavy atom. The third-order valence-electron chi connectivity index (χ3n) is 5.66. The molecule has 3 aromatic rings. The molecule has 4 heterocycles. The Hall–Kier alpha value is -3.47. The number of fused-ring (bicyclic) bond motifs is 3. The summed E-state index contributed by atoms with van der Waals surface area (Å²) in [5.74, 6) is -1.64. The number of pyridine rings is 1. The molecule has 1 amide bonds. The highest BCUT2D eigenvalue weighted by Gasteiger charge is 2.33. The van der Waals surface area contributed by atoms with Gasteiger partial charge in [0.25, 0.3) is 5.56 Å². The largest absolute Gasteiger partial charge is 0.441 e. The maximum atomic E-state index is 15.0. The van der Waals surface area contributed by atoms with Gasteiger partial charge in [-0.25, -0.2) is 23.2 Å². The lowest BCUT2D eigenvalue weighted by atomic mass is 10.2. The molecule has 2 aliphatic rings. The summed E-state index contributed by atoms with van der Waals surface area (Å²) >= 11 is 0. The minimum atomic E-state index is -0.822. The average Bonchev–Trinajstić information content (AvgIpc) is 3.17. The number of anilines is 2. The maximum Gasteiger partial charge on any atom is 0.414 e. The van der Waals surface area contributed by atoms with Gasteiger partial charge in [0.15, 0.2) is 17.3 Å². The van der Waals surface area contributed by atoms with E-state index in [1.165, 1.54) is 4.68 Å². The zero-order chi connectivity index (χ0) is 21.7.